The number of carbonyl (C=O) groups is 1. The van der Waals surface area contributed by atoms with Gasteiger partial charge in [-0.15, -0.1) is 0 Å². The monoisotopic (exact) mass is 262 g/mol. The SMILES string of the molecule is C[C@H]1COc2ccccc2CCCCNCC(=O)N1. The van der Waals surface area contributed by atoms with Gasteiger partial charge in [0.1, 0.15) is 12.4 Å². The molecule has 104 valence electrons. The quantitative estimate of drug-likeness (QED) is 0.745. The average molecular weight is 262 g/mol. The van der Waals surface area contributed by atoms with Gasteiger partial charge in [0.05, 0.1) is 12.6 Å². The standard InChI is InChI=1S/C15H22N2O2/c1-12-11-19-14-8-3-2-6-13(14)7-4-5-9-16-10-15(18)17-12/h2-3,6,8,12,16H,4-5,7,9-11H2,1H3,(H,17,18)/t12-/m0/s1. The minimum Gasteiger partial charge on any atom is -0.491 e. The highest BCUT2D eigenvalue weighted by Crippen LogP contribution is 2.20. The van der Waals surface area contributed by atoms with Crippen molar-refractivity contribution >= 4 is 5.91 Å². The van der Waals surface area contributed by atoms with Gasteiger partial charge in [0.2, 0.25) is 5.91 Å². The maximum Gasteiger partial charge on any atom is 0.234 e. The van der Waals surface area contributed by atoms with Crippen molar-refractivity contribution < 1.29 is 9.53 Å². The summed E-state index contributed by atoms with van der Waals surface area (Å²) in [5.41, 5.74) is 1.25. The van der Waals surface area contributed by atoms with Crippen molar-refractivity contribution in [1.82, 2.24) is 10.6 Å². The van der Waals surface area contributed by atoms with E-state index in [2.05, 4.69) is 16.7 Å². The van der Waals surface area contributed by atoms with Crippen molar-refractivity contribution in [2.75, 3.05) is 19.7 Å². The highest BCUT2D eigenvalue weighted by molar-refractivity contribution is 5.78. The average Bonchev–Trinajstić information content (AvgIpc) is 2.41. The Morgan fingerprint density at radius 1 is 1.26 bits per heavy atom. The number of hydrogen-bond donors (Lipinski definition) is 2. The van der Waals surface area contributed by atoms with Crippen molar-refractivity contribution in [2.24, 2.45) is 0 Å². The van der Waals surface area contributed by atoms with E-state index >= 15 is 0 Å². The molecule has 4 nitrogen and oxygen atoms in total. The molecule has 0 aliphatic carbocycles. The molecule has 0 saturated carbocycles. The molecule has 1 aromatic carbocycles. The Balaban J connectivity index is 2.04. The number of benzene rings is 1. The molecule has 0 saturated heterocycles. The van der Waals surface area contributed by atoms with Gasteiger partial charge in [-0.05, 0) is 44.4 Å². The summed E-state index contributed by atoms with van der Waals surface area (Å²) in [4.78, 5) is 11.6. The number of hydrogen-bond acceptors (Lipinski definition) is 3. The van der Waals surface area contributed by atoms with Gasteiger partial charge in [-0.2, -0.15) is 0 Å². The first-order valence-electron chi connectivity index (χ1n) is 6.96. The van der Waals surface area contributed by atoms with E-state index in [1.54, 1.807) is 0 Å². The second kappa shape index (κ2) is 7.14. The van der Waals surface area contributed by atoms with Crippen LogP contribution in [0, 0.1) is 0 Å². The summed E-state index contributed by atoms with van der Waals surface area (Å²) in [5.74, 6) is 0.972. The highest BCUT2D eigenvalue weighted by Gasteiger charge is 2.10. The van der Waals surface area contributed by atoms with Crippen LogP contribution in [0.1, 0.15) is 25.3 Å². The van der Waals surface area contributed by atoms with E-state index in [4.69, 9.17) is 4.74 Å². The van der Waals surface area contributed by atoms with Gasteiger partial charge in [0.25, 0.3) is 0 Å². The zero-order chi connectivity index (χ0) is 13.5. The third-order valence-electron chi connectivity index (χ3n) is 3.20. The Hall–Kier alpha value is -1.55. The maximum atomic E-state index is 11.6. The van der Waals surface area contributed by atoms with E-state index in [-0.39, 0.29) is 11.9 Å². The predicted molar refractivity (Wildman–Crippen MR) is 75.3 cm³/mol. The Kier molecular flexibility index (Phi) is 5.21. The van der Waals surface area contributed by atoms with E-state index in [0.29, 0.717) is 13.2 Å². The van der Waals surface area contributed by atoms with Crippen molar-refractivity contribution in [1.29, 1.82) is 0 Å². The van der Waals surface area contributed by atoms with Crippen LogP contribution < -0.4 is 15.4 Å². The number of nitrogens with one attached hydrogen (secondary N) is 2. The fourth-order valence-corrected chi connectivity index (χ4v) is 2.20. The minimum atomic E-state index is 0.0168. The summed E-state index contributed by atoms with van der Waals surface area (Å²) in [6.45, 7) is 3.73. The zero-order valence-corrected chi connectivity index (χ0v) is 11.4. The molecule has 19 heavy (non-hydrogen) atoms. The summed E-state index contributed by atoms with van der Waals surface area (Å²) in [7, 11) is 0. The largest absolute Gasteiger partial charge is 0.491 e. The molecule has 0 unspecified atom stereocenters. The topological polar surface area (TPSA) is 50.4 Å². The molecule has 0 radical (unpaired) electrons. The molecule has 1 heterocycles. The number of aryl methyl sites for hydroxylation is 1. The molecular weight excluding hydrogens is 240 g/mol. The molecule has 0 fully saturated rings. The van der Waals surface area contributed by atoms with E-state index in [9.17, 15) is 4.79 Å². The van der Waals surface area contributed by atoms with Gasteiger partial charge in [-0.25, -0.2) is 0 Å². The Morgan fingerprint density at radius 2 is 2.11 bits per heavy atom. The van der Waals surface area contributed by atoms with Crippen LogP contribution in [0.15, 0.2) is 24.3 Å². The minimum absolute atomic E-state index is 0.0168. The van der Waals surface area contributed by atoms with Crippen LogP contribution in [-0.2, 0) is 11.2 Å². The molecule has 1 atom stereocenters. The van der Waals surface area contributed by atoms with Gasteiger partial charge < -0.3 is 15.4 Å². The number of rotatable bonds is 0. The van der Waals surface area contributed by atoms with Gasteiger partial charge >= 0.3 is 0 Å². The number of fused-ring (bicyclic) bond motifs is 1. The first kappa shape index (κ1) is 13.9. The van der Waals surface area contributed by atoms with Crippen LogP contribution in [0.3, 0.4) is 0 Å². The number of ether oxygens (including phenoxy) is 1. The van der Waals surface area contributed by atoms with Gasteiger partial charge in [0.15, 0.2) is 0 Å². The highest BCUT2D eigenvalue weighted by atomic mass is 16.5. The second-order valence-electron chi connectivity index (χ2n) is 5.02. The lowest BCUT2D eigenvalue weighted by atomic mass is 10.1. The molecule has 4 heteroatoms. The fraction of sp³-hybridized carbons (Fsp3) is 0.533. The van der Waals surface area contributed by atoms with Gasteiger partial charge in [-0.3, -0.25) is 4.79 Å². The first-order chi connectivity index (χ1) is 9.25. The molecule has 0 aromatic heterocycles. The first-order valence-corrected chi connectivity index (χ1v) is 6.96. The van der Waals surface area contributed by atoms with Crippen LogP contribution >= 0.6 is 0 Å². The number of para-hydroxylation sites is 1. The summed E-state index contributed by atoms with van der Waals surface area (Å²) in [5, 5.41) is 6.09. The van der Waals surface area contributed by atoms with Crippen molar-refractivity contribution in [3.05, 3.63) is 29.8 Å². The molecule has 0 bridgehead atoms. The van der Waals surface area contributed by atoms with Crippen LogP contribution in [0.25, 0.3) is 0 Å². The molecule has 1 aromatic rings. The smallest absolute Gasteiger partial charge is 0.234 e. The fourth-order valence-electron chi connectivity index (χ4n) is 2.20. The number of carbonyl (C=O) groups excluding carboxylic acids is 1. The molecule has 2 N–H and O–H groups in total. The molecule has 1 aliphatic rings. The number of amides is 1. The second-order valence-corrected chi connectivity index (χ2v) is 5.02. The maximum absolute atomic E-state index is 11.6. The molecular formula is C15H22N2O2. The summed E-state index contributed by atoms with van der Waals surface area (Å²) >= 11 is 0. The van der Waals surface area contributed by atoms with Gasteiger partial charge in [-0.1, -0.05) is 18.2 Å². The molecule has 0 spiro atoms. The third kappa shape index (κ3) is 4.56. The molecule has 1 aliphatic heterocycles. The van der Waals surface area contributed by atoms with Crippen LogP contribution in [-0.4, -0.2) is 31.6 Å². The van der Waals surface area contributed by atoms with Crippen LogP contribution in [0.5, 0.6) is 5.75 Å². The zero-order valence-electron chi connectivity index (χ0n) is 11.4. The Bertz CT molecular complexity index is 420. The Morgan fingerprint density at radius 3 is 3.00 bits per heavy atom. The predicted octanol–water partition coefficient (Wildman–Crippen LogP) is 1.50. The normalized spacial score (nSPS) is 21.9. The summed E-state index contributed by atoms with van der Waals surface area (Å²) in [6, 6.07) is 8.17. The lowest BCUT2D eigenvalue weighted by Crippen LogP contribution is -2.41. The Labute approximate surface area is 114 Å². The van der Waals surface area contributed by atoms with Crippen molar-refractivity contribution in [2.45, 2.75) is 32.2 Å². The summed E-state index contributed by atoms with van der Waals surface area (Å²) < 4.78 is 5.83. The van der Waals surface area contributed by atoms with E-state index in [0.717, 1.165) is 31.6 Å². The van der Waals surface area contributed by atoms with Crippen LogP contribution in [0.4, 0.5) is 0 Å². The van der Waals surface area contributed by atoms with E-state index in [1.807, 2.05) is 25.1 Å². The molecule has 2 rings (SSSR count). The van der Waals surface area contributed by atoms with E-state index in [1.165, 1.54) is 5.56 Å². The van der Waals surface area contributed by atoms with Crippen molar-refractivity contribution in [3.63, 3.8) is 0 Å². The molecule has 1 amide bonds. The van der Waals surface area contributed by atoms with Crippen molar-refractivity contribution in [3.8, 4) is 5.75 Å². The summed E-state index contributed by atoms with van der Waals surface area (Å²) in [6.07, 6.45) is 3.19. The van der Waals surface area contributed by atoms with Gasteiger partial charge in [0, 0.05) is 0 Å². The lowest BCUT2D eigenvalue weighted by Gasteiger charge is -2.16. The lowest BCUT2D eigenvalue weighted by molar-refractivity contribution is -0.121. The third-order valence-corrected chi connectivity index (χ3v) is 3.20. The van der Waals surface area contributed by atoms with E-state index < -0.39 is 0 Å². The van der Waals surface area contributed by atoms with Crippen LogP contribution in [0.2, 0.25) is 0 Å².